The summed E-state index contributed by atoms with van der Waals surface area (Å²) in [7, 11) is 0. The standard InChI is InChI=1S/C12H21N3O2/c1-5-15-10(6-7-14-15)8-13-9-11(16)17-12(2,3)4/h6-7,13H,5,8-9H2,1-4H3. The highest BCUT2D eigenvalue weighted by atomic mass is 16.6. The van der Waals surface area contributed by atoms with E-state index in [1.807, 2.05) is 38.4 Å². The molecule has 0 aliphatic carbocycles. The maximum Gasteiger partial charge on any atom is 0.320 e. The largest absolute Gasteiger partial charge is 0.459 e. The molecule has 0 atom stereocenters. The van der Waals surface area contributed by atoms with Gasteiger partial charge in [0.25, 0.3) is 0 Å². The fourth-order valence-corrected chi connectivity index (χ4v) is 1.47. The van der Waals surface area contributed by atoms with Crippen molar-refractivity contribution in [3.63, 3.8) is 0 Å². The van der Waals surface area contributed by atoms with Crippen molar-refractivity contribution in [1.82, 2.24) is 15.1 Å². The Labute approximate surface area is 102 Å². The van der Waals surface area contributed by atoms with Crippen LogP contribution in [0.4, 0.5) is 0 Å². The maximum absolute atomic E-state index is 11.4. The summed E-state index contributed by atoms with van der Waals surface area (Å²) in [5, 5.41) is 7.20. The first-order valence-electron chi connectivity index (χ1n) is 5.85. The lowest BCUT2D eigenvalue weighted by atomic mass is 10.2. The lowest BCUT2D eigenvalue weighted by molar-refractivity contribution is -0.153. The van der Waals surface area contributed by atoms with Crippen LogP contribution in [0, 0.1) is 0 Å². The summed E-state index contributed by atoms with van der Waals surface area (Å²) >= 11 is 0. The summed E-state index contributed by atoms with van der Waals surface area (Å²) in [6, 6.07) is 1.94. The molecule has 96 valence electrons. The Morgan fingerprint density at radius 1 is 1.53 bits per heavy atom. The SMILES string of the molecule is CCn1nccc1CNCC(=O)OC(C)(C)C. The number of carbonyl (C=O) groups is 1. The topological polar surface area (TPSA) is 56.2 Å². The number of nitrogens with one attached hydrogen (secondary N) is 1. The van der Waals surface area contributed by atoms with Crippen molar-refractivity contribution in [1.29, 1.82) is 0 Å². The first-order chi connectivity index (χ1) is 7.92. The average molecular weight is 239 g/mol. The van der Waals surface area contributed by atoms with E-state index in [0.717, 1.165) is 12.2 Å². The Kier molecular flexibility index (Phi) is 4.69. The minimum Gasteiger partial charge on any atom is -0.459 e. The van der Waals surface area contributed by atoms with Crippen molar-refractivity contribution in [2.75, 3.05) is 6.54 Å². The van der Waals surface area contributed by atoms with E-state index in [-0.39, 0.29) is 12.5 Å². The number of carbonyl (C=O) groups excluding carboxylic acids is 1. The van der Waals surface area contributed by atoms with Crippen LogP contribution in [0.15, 0.2) is 12.3 Å². The molecule has 5 nitrogen and oxygen atoms in total. The molecular formula is C12H21N3O2. The van der Waals surface area contributed by atoms with Crippen molar-refractivity contribution < 1.29 is 9.53 Å². The van der Waals surface area contributed by atoms with Gasteiger partial charge < -0.3 is 10.1 Å². The van der Waals surface area contributed by atoms with Gasteiger partial charge >= 0.3 is 5.97 Å². The first-order valence-corrected chi connectivity index (χ1v) is 5.85. The van der Waals surface area contributed by atoms with Crippen molar-refractivity contribution in [2.45, 2.75) is 46.4 Å². The predicted molar refractivity (Wildman–Crippen MR) is 65.5 cm³/mol. The quantitative estimate of drug-likeness (QED) is 0.788. The lowest BCUT2D eigenvalue weighted by Gasteiger charge is -2.19. The van der Waals surface area contributed by atoms with Gasteiger partial charge in [-0.1, -0.05) is 0 Å². The van der Waals surface area contributed by atoms with Crippen LogP contribution in [0.5, 0.6) is 0 Å². The molecular weight excluding hydrogens is 218 g/mol. The normalized spacial score (nSPS) is 11.5. The zero-order valence-corrected chi connectivity index (χ0v) is 11.0. The molecule has 0 radical (unpaired) electrons. The number of rotatable bonds is 5. The summed E-state index contributed by atoms with van der Waals surface area (Å²) < 4.78 is 7.08. The second-order valence-electron chi connectivity index (χ2n) is 4.83. The molecule has 0 bridgehead atoms. The molecule has 0 aliphatic heterocycles. The van der Waals surface area contributed by atoms with Crippen LogP contribution in [0.25, 0.3) is 0 Å². The fourth-order valence-electron chi connectivity index (χ4n) is 1.47. The number of aromatic nitrogens is 2. The van der Waals surface area contributed by atoms with Crippen LogP contribution in [-0.2, 0) is 22.6 Å². The Balaban J connectivity index is 2.31. The summed E-state index contributed by atoms with van der Waals surface area (Å²) in [6.45, 7) is 9.27. The van der Waals surface area contributed by atoms with E-state index in [1.165, 1.54) is 0 Å². The van der Waals surface area contributed by atoms with Gasteiger partial charge in [-0.05, 0) is 33.8 Å². The smallest absolute Gasteiger partial charge is 0.320 e. The number of aryl methyl sites for hydroxylation is 1. The van der Waals surface area contributed by atoms with E-state index < -0.39 is 5.60 Å². The van der Waals surface area contributed by atoms with Crippen molar-refractivity contribution in [3.8, 4) is 0 Å². The molecule has 1 N–H and O–H groups in total. The van der Waals surface area contributed by atoms with E-state index in [4.69, 9.17) is 4.74 Å². The minimum atomic E-state index is -0.427. The summed E-state index contributed by atoms with van der Waals surface area (Å²) in [5.41, 5.74) is 0.639. The number of nitrogens with zero attached hydrogens (tertiary/aromatic N) is 2. The molecule has 1 aromatic heterocycles. The number of esters is 1. The number of ether oxygens (including phenoxy) is 1. The molecule has 1 rings (SSSR count). The van der Waals surface area contributed by atoms with Gasteiger partial charge in [-0.25, -0.2) is 0 Å². The summed E-state index contributed by atoms with van der Waals surface area (Å²) in [6.07, 6.45) is 1.76. The molecule has 0 unspecified atom stereocenters. The first kappa shape index (κ1) is 13.7. The Morgan fingerprint density at radius 3 is 2.82 bits per heavy atom. The second kappa shape index (κ2) is 5.82. The molecule has 5 heteroatoms. The van der Waals surface area contributed by atoms with Crippen LogP contribution < -0.4 is 5.32 Å². The molecule has 0 saturated heterocycles. The number of hydrogen-bond donors (Lipinski definition) is 1. The maximum atomic E-state index is 11.4. The van der Waals surface area contributed by atoms with Gasteiger partial charge in [0.05, 0.1) is 12.2 Å². The predicted octanol–water partition coefficient (Wildman–Crippen LogP) is 1.33. The highest BCUT2D eigenvalue weighted by Crippen LogP contribution is 2.06. The zero-order chi connectivity index (χ0) is 12.9. The fraction of sp³-hybridized carbons (Fsp3) is 0.667. The molecule has 0 fully saturated rings. The van der Waals surface area contributed by atoms with E-state index in [9.17, 15) is 4.79 Å². The lowest BCUT2D eigenvalue weighted by Crippen LogP contribution is -2.31. The van der Waals surface area contributed by atoms with Gasteiger partial charge in [0, 0.05) is 19.3 Å². The Morgan fingerprint density at radius 2 is 2.24 bits per heavy atom. The third-order valence-electron chi connectivity index (χ3n) is 2.10. The highest BCUT2D eigenvalue weighted by Gasteiger charge is 2.15. The van der Waals surface area contributed by atoms with Crippen molar-refractivity contribution in [2.24, 2.45) is 0 Å². The summed E-state index contributed by atoms with van der Waals surface area (Å²) in [5.74, 6) is -0.236. The van der Waals surface area contributed by atoms with E-state index in [2.05, 4.69) is 10.4 Å². The molecule has 1 aromatic rings. The van der Waals surface area contributed by atoms with Gasteiger partial charge in [0.1, 0.15) is 5.60 Å². The highest BCUT2D eigenvalue weighted by molar-refractivity contribution is 5.72. The number of hydrogen-bond acceptors (Lipinski definition) is 4. The summed E-state index contributed by atoms with van der Waals surface area (Å²) in [4.78, 5) is 11.4. The van der Waals surface area contributed by atoms with Crippen LogP contribution in [-0.4, -0.2) is 27.9 Å². The average Bonchev–Trinajstić information content (AvgIpc) is 2.62. The van der Waals surface area contributed by atoms with Crippen molar-refractivity contribution >= 4 is 5.97 Å². The second-order valence-corrected chi connectivity index (χ2v) is 4.83. The van der Waals surface area contributed by atoms with Gasteiger partial charge in [0.2, 0.25) is 0 Å². The molecule has 17 heavy (non-hydrogen) atoms. The van der Waals surface area contributed by atoms with Gasteiger partial charge in [0.15, 0.2) is 0 Å². The van der Waals surface area contributed by atoms with Gasteiger partial charge in [-0.15, -0.1) is 0 Å². The van der Waals surface area contributed by atoms with Crippen LogP contribution in [0.2, 0.25) is 0 Å². The minimum absolute atomic E-state index is 0.214. The monoisotopic (exact) mass is 239 g/mol. The third-order valence-corrected chi connectivity index (χ3v) is 2.10. The van der Waals surface area contributed by atoms with E-state index >= 15 is 0 Å². The molecule has 0 aliphatic rings. The zero-order valence-electron chi connectivity index (χ0n) is 11.0. The van der Waals surface area contributed by atoms with Crippen LogP contribution in [0.3, 0.4) is 0 Å². The van der Waals surface area contributed by atoms with E-state index in [0.29, 0.717) is 6.54 Å². The molecule has 0 amide bonds. The van der Waals surface area contributed by atoms with Gasteiger partial charge in [-0.2, -0.15) is 5.10 Å². The molecule has 1 heterocycles. The van der Waals surface area contributed by atoms with Crippen LogP contribution >= 0.6 is 0 Å². The molecule has 0 saturated carbocycles. The van der Waals surface area contributed by atoms with E-state index in [1.54, 1.807) is 6.20 Å². The third kappa shape index (κ3) is 4.99. The Hall–Kier alpha value is -1.36. The molecule has 0 spiro atoms. The molecule has 0 aromatic carbocycles. The van der Waals surface area contributed by atoms with Crippen molar-refractivity contribution in [3.05, 3.63) is 18.0 Å². The Bertz CT molecular complexity index is 366. The van der Waals surface area contributed by atoms with Gasteiger partial charge in [-0.3, -0.25) is 9.48 Å². The van der Waals surface area contributed by atoms with Crippen LogP contribution in [0.1, 0.15) is 33.4 Å².